The summed E-state index contributed by atoms with van der Waals surface area (Å²) in [5, 5.41) is 2.66. The molecule has 1 aromatic heterocycles. The highest BCUT2D eigenvalue weighted by atomic mass is 19.1. The maximum absolute atomic E-state index is 12.3. The summed E-state index contributed by atoms with van der Waals surface area (Å²) in [6.07, 6.45) is 0. The fourth-order valence-corrected chi connectivity index (χ4v) is 0.646. The molecule has 0 radical (unpaired) electrons. The van der Waals surface area contributed by atoms with Gasteiger partial charge >= 0.3 is 0 Å². The van der Waals surface area contributed by atoms with Crippen molar-refractivity contribution in [1.29, 1.82) is 0 Å². The van der Waals surface area contributed by atoms with E-state index >= 15 is 0 Å². The Hall–Kier alpha value is -1.32. The first-order chi connectivity index (χ1) is 4.74. The average Bonchev–Trinajstić information content (AvgIpc) is 1.94. The van der Waals surface area contributed by atoms with E-state index in [1.165, 1.54) is 12.1 Å². The standard InChI is InChI=1S/C6H8FN3/c1-9-6-4(8)2-3-5(7)10-6/h2-3H,8H2,1H3,(H,9,10). The van der Waals surface area contributed by atoms with Crippen molar-refractivity contribution in [1.82, 2.24) is 4.98 Å². The summed E-state index contributed by atoms with van der Waals surface area (Å²) in [7, 11) is 1.64. The van der Waals surface area contributed by atoms with Gasteiger partial charge in [-0.1, -0.05) is 0 Å². The van der Waals surface area contributed by atoms with Gasteiger partial charge in [-0.25, -0.2) is 4.98 Å². The average molecular weight is 141 g/mol. The molecule has 4 heteroatoms. The van der Waals surface area contributed by atoms with E-state index in [-0.39, 0.29) is 0 Å². The first kappa shape index (κ1) is 6.80. The van der Waals surface area contributed by atoms with Gasteiger partial charge in [-0.2, -0.15) is 4.39 Å². The smallest absolute Gasteiger partial charge is 0.214 e. The number of nitrogens with one attached hydrogen (secondary N) is 1. The summed E-state index contributed by atoms with van der Waals surface area (Å²) in [4.78, 5) is 3.49. The van der Waals surface area contributed by atoms with Crippen molar-refractivity contribution in [3.8, 4) is 0 Å². The molecule has 0 aliphatic carbocycles. The minimum Gasteiger partial charge on any atom is -0.396 e. The molecule has 0 aliphatic rings. The number of anilines is 2. The van der Waals surface area contributed by atoms with E-state index in [1.807, 2.05) is 0 Å². The van der Waals surface area contributed by atoms with Crippen LogP contribution in [-0.2, 0) is 0 Å². The van der Waals surface area contributed by atoms with Gasteiger partial charge in [0.05, 0.1) is 5.69 Å². The van der Waals surface area contributed by atoms with Crippen molar-refractivity contribution in [3.63, 3.8) is 0 Å². The molecule has 1 aromatic rings. The van der Waals surface area contributed by atoms with Crippen molar-refractivity contribution >= 4 is 11.5 Å². The van der Waals surface area contributed by atoms with E-state index in [1.54, 1.807) is 7.05 Å². The van der Waals surface area contributed by atoms with Gasteiger partial charge in [0.25, 0.3) is 0 Å². The zero-order chi connectivity index (χ0) is 7.56. The summed E-state index contributed by atoms with van der Waals surface area (Å²) in [5.74, 6) is -0.154. The number of hydrogen-bond donors (Lipinski definition) is 2. The van der Waals surface area contributed by atoms with Crippen LogP contribution in [0.15, 0.2) is 12.1 Å². The first-order valence-electron chi connectivity index (χ1n) is 2.84. The zero-order valence-corrected chi connectivity index (χ0v) is 5.56. The number of pyridine rings is 1. The molecule has 3 N–H and O–H groups in total. The second kappa shape index (κ2) is 2.51. The fraction of sp³-hybridized carbons (Fsp3) is 0.167. The predicted molar refractivity (Wildman–Crippen MR) is 38.2 cm³/mol. The molecule has 0 aromatic carbocycles. The molecule has 0 unspecified atom stereocenters. The normalized spacial score (nSPS) is 9.40. The zero-order valence-electron chi connectivity index (χ0n) is 5.56. The molecular formula is C6H8FN3. The van der Waals surface area contributed by atoms with Crippen molar-refractivity contribution in [3.05, 3.63) is 18.1 Å². The van der Waals surface area contributed by atoms with Gasteiger partial charge in [0.2, 0.25) is 5.95 Å². The molecule has 0 aliphatic heterocycles. The quantitative estimate of drug-likeness (QED) is 0.570. The molecule has 54 valence electrons. The monoisotopic (exact) mass is 141 g/mol. The van der Waals surface area contributed by atoms with E-state index in [0.717, 1.165) is 0 Å². The number of rotatable bonds is 1. The van der Waals surface area contributed by atoms with Crippen molar-refractivity contribution in [2.75, 3.05) is 18.1 Å². The van der Waals surface area contributed by atoms with Crippen LogP contribution in [0.4, 0.5) is 15.9 Å². The molecule has 0 atom stereocenters. The highest BCUT2D eigenvalue weighted by molar-refractivity contribution is 5.59. The van der Waals surface area contributed by atoms with Gasteiger partial charge < -0.3 is 11.1 Å². The first-order valence-corrected chi connectivity index (χ1v) is 2.84. The van der Waals surface area contributed by atoms with Crippen LogP contribution >= 0.6 is 0 Å². The van der Waals surface area contributed by atoms with E-state index < -0.39 is 5.95 Å². The van der Waals surface area contributed by atoms with Crippen LogP contribution in [0.1, 0.15) is 0 Å². The molecule has 1 heterocycles. The highest BCUT2D eigenvalue weighted by Crippen LogP contribution is 2.13. The molecule has 0 bridgehead atoms. The molecule has 0 amide bonds. The maximum Gasteiger partial charge on any atom is 0.214 e. The minimum atomic E-state index is -0.529. The summed E-state index contributed by atoms with van der Waals surface area (Å²) >= 11 is 0. The molecule has 3 nitrogen and oxygen atoms in total. The van der Waals surface area contributed by atoms with Gasteiger partial charge in [0.1, 0.15) is 0 Å². The summed E-state index contributed by atoms with van der Waals surface area (Å²) in [6.45, 7) is 0. The van der Waals surface area contributed by atoms with E-state index in [0.29, 0.717) is 11.5 Å². The van der Waals surface area contributed by atoms with Crippen molar-refractivity contribution < 1.29 is 4.39 Å². The van der Waals surface area contributed by atoms with Crippen LogP contribution < -0.4 is 11.1 Å². The van der Waals surface area contributed by atoms with Crippen molar-refractivity contribution in [2.45, 2.75) is 0 Å². The van der Waals surface area contributed by atoms with Crippen LogP contribution in [0.25, 0.3) is 0 Å². The second-order valence-corrected chi connectivity index (χ2v) is 1.82. The molecule has 0 fully saturated rings. The lowest BCUT2D eigenvalue weighted by molar-refractivity contribution is 0.586. The molecule has 0 spiro atoms. The largest absolute Gasteiger partial charge is 0.396 e. The van der Waals surface area contributed by atoms with E-state index in [9.17, 15) is 4.39 Å². The Morgan fingerprint density at radius 3 is 2.80 bits per heavy atom. The van der Waals surface area contributed by atoms with Crippen LogP contribution in [0.3, 0.4) is 0 Å². The Morgan fingerprint density at radius 2 is 2.30 bits per heavy atom. The third-order valence-corrected chi connectivity index (χ3v) is 1.13. The van der Waals surface area contributed by atoms with Gasteiger partial charge in [-0.3, -0.25) is 0 Å². The Morgan fingerprint density at radius 1 is 1.60 bits per heavy atom. The number of nitrogen functional groups attached to an aromatic ring is 1. The lowest BCUT2D eigenvalue weighted by Gasteiger charge is -2.01. The molecule has 0 saturated heterocycles. The molecule has 1 rings (SSSR count). The van der Waals surface area contributed by atoms with E-state index in [2.05, 4.69) is 10.3 Å². The summed E-state index contributed by atoms with van der Waals surface area (Å²) in [6, 6.07) is 2.68. The highest BCUT2D eigenvalue weighted by Gasteiger charge is 1.97. The second-order valence-electron chi connectivity index (χ2n) is 1.82. The van der Waals surface area contributed by atoms with Gasteiger partial charge in [-0.15, -0.1) is 0 Å². The molecule has 0 saturated carbocycles. The molecule has 10 heavy (non-hydrogen) atoms. The van der Waals surface area contributed by atoms with Crippen LogP contribution in [-0.4, -0.2) is 12.0 Å². The summed E-state index contributed by atoms with van der Waals surface area (Å²) in [5.41, 5.74) is 5.86. The number of nitrogens with zero attached hydrogens (tertiary/aromatic N) is 1. The van der Waals surface area contributed by atoms with Gasteiger partial charge in [0.15, 0.2) is 5.82 Å². The Labute approximate surface area is 58.1 Å². The third-order valence-electron chi connectivity index (χ3n) is 1.13. The summed E-state index contributed by atoms with van der Waals surface area (Å²) < 4.78 is 12.3. The Balaban J connectivity index is 3.09. The van der Waals surface area contributed by atoms with E-state index in [4.69, 9.17) is 5.73 Å². The topological polar surface area (TPSA) is 50.9 Å². The minimum absolute atomic E-state index is 0.375. The van der Waals surface area contributed by atoms with Crippen molar-refractivity contribution in [2.24, 2.45) is 0 Å². The SMILES string of the molecule is CNc1nc(F)ccc1N. The fourth-order valence-electron chi connectivity index (χ4n) is 0.646. The van der Waals surface area contributed by atoms with Crippen LogP contribution in [0.5, 0.6) is 0 Å². The Bertz CT molecular complexity index is 236. The molecular weight excluding hydrogens is 133 g/mol. The van der Waals surface area contributed by atoms with Crippen LogP contribution in [0, 0.1) is 5.95 Å². The lowest BCUT2D eigenvalue weighted by atomic mass is 10.4. The van der Waals surface area contributed by atoms with Gasteiger partial charge in [0, 0.05) is 7.05 Å². The van der Waals surface area contributed by atoms with Gasteiger partial charge in [-0.05, 0) is 12.1 Å². The number of nitrogens with two attached hydrogens (primary N) is 1. The third kappa shape index (κ3) is 1.15. The van der Waals surface area contributed by atoms with Crippen LogP contribution in [0.2, 0.25) is 0 Å². The predicted octanol–water partition coefficient (Wildman–Crippen LogP) is 0.845. The lowest BCUT2D eigenvalue weighted by Crippen LogP contribution is -1.99. The Kier molecular flexibility index (Phi) is 1.71. The number of halogens is 1. The number of aromatic nitrogens is 1. The maximum atomic E-state index is 12.3. The number of hydrogen-bond acceptors (Lipinski definition) is 3.